The second kappa shape index (κ2) is 6.58. The second-order valence-corrected chi connectivity index (χ2v) is 5.35. The smallest absolute Gasteiger partial charge is 0.363 e. The normalized spacial score (nSPS) is 15.2. The number of aryl methyl sites for hydroxylation is 1. The lowest BCUT2D eigenvalue weighted by Gasteiger charge is -2.05. The van der Waals surface area contributed by atoms with Gasteiger partial charge in [-0.05, 0) is 42.8 Å². The first-order chi connectivity index (χ1) is 11.6. The van der Waals surface area contributed by atoms with Crippen molar-refractivity contribution in [3.05, 3.63) is 64.9 Å². The lowest BCUT2D eigenvalue weighted by Crippen LogP contribution is -2.05. The van der Waals surface area contributed by atoms with Crippen LogP contribution in [0.2, 0.25) is 0 Å². The Balaban J connectivity index is 1.97. The zero-order chi connectivity index (χ0) is 17.1. The molecular weight excluding hydrogens is 306 g/mol. The standard InChI is InChI=1S/C19H17NO4/c1-12-5-4-6-14(7-12)18-20-17(19(21)24-18)10-13-8-15(22-2)11-16(9-13)23-3/h4-11H,1-3H3/b17-10-. The van der Waals surface area contributed by atoms with Crippen LogP contribution in [0, 0.1) is 6.92 Å². The summed E-state index contributed by atoms with van der Waals surface area (Å²) in [6, 6.07) is 13.0. The number of nitrogens with zero attached hydrogens (tertiary/aromatic N) is 1. The minimum absolute atomic E-state index is 0.238. The molecule has 2 aromatic rings. The third kappa shape index (κ3) is 3.30. The van der Waals surface area contributed by atoms with Gasteiger partial charge in [0.25, 0.3) is 0 Å². The van der Waals surface area contributed by atoms with Gasteiger partial charge in [-0.15, -0.1) is 0 Å². The van der Waals surface area contributed by atoms with E-state index in [1.165, 1.54) is 0 Å². The predicted molar refractivity (Wildman–Crippen MR) is 91.3 cm³/mol. The van der Waals surface area contributed by atoms with Crippen LogP contribution >= 0.6 is 0 Å². The Bertz CT molecular complexity index is 830. The minimum atomic E-state index is -0.478. The summed E-state index contributed by atoms with van der Waals surface area (Å²) < 4.78 is 15.7. The maximum absolute atomic E-state index is 12.1. The van der Waals surface area contributed by atoms with Crippen LogP contribution in [0.1, 0.15) is 16.7 Å². The lowest BCUT2D eigenvalue weighted by molar-refractivity contribution is -0.129. The number of hydrogen-bond donors (Lipinski definition) is 0. The Labute approximate surface area is 140 Å². The van der Waals surface area contributed by atoms with E-state index in [-0.39, 0.29) is 5.70 Å². The van der Waals surface area contributed by atoms with Gasteiger partial charge in [-0.2, -0.15) is 0 Å². The monoisotopic (exact) mass is 323 g/mol. The molecule has 0 bridgehead atoms. The van der Waals surface area contributed by atoms with E-state index >= 15 is 0 Å². The molecule has 1 aliphatic rings. The SMILES string of the molecule is COc1cc(/C=C2\N=C(c3cccc(C)c3)OC2=O)cc(OC)c1. The van der Waals surface area contributed by atoms with Crippen molar-refractivity contribution >= 4 is 17.9 Å². The highest BCUT2D eigenvalue weighted by Gasteiger charge is 2.24. The van der Waals surface area contributed by atoms with E-state index in [0.29, 0.717) is 17.4 Å². The molecule has 5 heteroatoms. The van der Waals surface area contributed by atoms with Gasteiger partial charge in [-0.3, -0.25) is 0 Å². The number of ether oxygens (including phenoxy) is 3. The van der Waals surface area contributed by atoms with Crippen molar-refractivity contribution in [2.45, 2.75) is 6.92 Å². The summed E-state index contributed by atoms with van der Waals surface area (Å²) in [5.41, 5.74) is 2.82. The quantitative estimate of drug-likeness (QED) is 0.639. The number of aliphatic imine (C=N–C) groups is 1. The number of benzene rings is 2. The summed E-state index contributed by atoms with van der Waals surface area (Å²) >= 11 is 0. The highest BCUT2D eigenvalue weighted by atomic mass is 16.6. The van der Waals surface area contributed by atoms with Crippen molar-refractivity contribution in [1.82, 2.24) is 0 Å². The first-order valence-electron chi connectivity index (χ1n) is 7.42. The molecule has 0 atom stereocenters. The van der Waals surface area contributed by atoms with E-state index in [1.54, 1.807) is 38.5 Å². The minimum Gasteiger partial charge on any atom is -0.497 e. The van der Waals surface area contributed by atoms with Gasteiger partial charge in [-0.25, -0.2) is 9.79 Å². The number of rotatable bonds is 4. The Kier molecular flexibility index (Phi) is 4.33. The first kappa shape index (κ1) is 15.8. The second-order valence-electron chi connectivity index (χ2n) is 5.35. The summed E-state index contributed by atoms with van der Waals surface area (Å²) in [5.74, 6) is 1.10. The highest BCUT2D eigenvalue weighted by Crippen LogP contribution is 2.26. The topological polar surface area (TPSA) is 57.1 Å². The molecule has 0 saturated carbocycles. The number of methoxy groups -OCH3 is 2. The molecule has 3 rings (SSSR count). The Morgan fingerprint density at radius 3 is 2.38 bits per heavy atom. The number of esters is 1. The van der Waals surface area contributed by atoms with E-state index in [9.17, 15) is 4.79 Å². The van der Waals surface area contributed by atoms with Crippen molar-refractivity contribution in [2.24, 2.45) is 4.99 Å². The zero-order valence-corrected chi connectivity index (χ0v) is 13.7. The van der Waals surface area contributed by atoms with Crippen LogP contribution < -0.4 is 9.47 Å². The van der Waals surface area contributed by atoms with E-state index in [1.807, 2.05) is 31.2 Å². The zero-order valence-electron chi connectivity index (χ0n) is 13.7. The van der Waals surface area contributed by atoms with E-state index in [0.717, 1.165) is 16.7 Å². The molecule has 0 unspecified atom stereocenters. The van der Waals surface area contributed by atoms with Crippen molar-refractivity contribution in [3.8, 4) is 11.5 Å². The maximum Gasteiger partial charge on any atom is 0.363 e. The molecule has 2 aromatic carbocycles. The Morgan fingerprint density at radius 1 is 1.04 bits per heavy atom. The number of cyclic esters (lactones) is 1. The third-order valence-electron chi connectivity index (χ3n) is 3.56. The molecule has 0 amide bonds. The van der Waals surface area contributed by atoms with Gasteiger partial charge in [0, 0.05) is 11.6 Å². The largest absolute Gasteiger partial charge is 0.497 e. The molecule has 0 N–H and O–H groups in total. The molecule has 0 saturated heterocycles. The van der Waals surface area contributed by atoms with E-state index in [4.69, 9.17) is 14.2 Å². The average molecular weight is 323 g/mol. The van der Waals surface area contributed by atoms with Crippen LogP contribution in [-0.4, -0.2) is 26.1 Å². The van der Waals surface area contributed by atoms with Crippen LogP contribution in [0.25, 0.3) is 6.08 Å². The molecular formula is C19H17NO4. The summed E-state index contributed by atoms with van der Waals surface area (Å²) in [7, 11) is 3.15. The lowest BCUT2D eigenvalue weighted by atomic mass is 10.1. The number of carbonyl (C=O) groups excluding carboxylic acids is 1. The fourth-order valence-electron chi connectivity index (χ4n) is 2.38. The van der Waals surface area contributed by atoms with Gasteiger partial charge in [0.2, 0.25) is 5.90 Å². The van der Waals surface area contributed by atoms with Crippen molar-refractivity contribution < 1.29 is 19.0 Å². The first-order valence-corrected chi connectivity index (χ1v) is 7.42. The average Bonchev–Trinajstić information content (AvgIpc) is 2.95. The van der Waals surface area contributed by atoms with Gasteiger partial charge >= 0.3 is 5.97 Å². The van der Waals surface area contributed by atoms with Crippen molar-refractivity contribution in [2.75, 3.05) is 14.2 Å². The van der Waals surface area contributed by atoms with Gasteiger partial charge < -0.3 is 14.2 Å². The van der Waals surface area contributed by atoms with Crippen LogP contribution in [0.4, 0.5) is 0 Å². The van der Waals surface area contributed by atoms with Gasteiger partial charge in [0.1, 0.15) is 11.5 Å². The third-order valence-corrected chi connectivity index (χ3v) is 3.56. The van der Waals surface area contributed by atoms with Gasteiger partial charge in [0.05, 0.1) is 14.2 Å². The Morgan fingerprint density at radius 2 is 1.75 bits per heavy atom. The highest BCUT2D eigenvalue weighted by molar-refractivity contribution is 6.12. The number of hydrogen-bond acceptors (Lipinski definition) is 5. The molecule has 5 nitrogen and oxygen atoms in total. The van der Waals surface area contributed by atoms with Crippen molar-refractivity contribution in [3.63, 3.8) is 0 Å². The molecule has 1 aliphatic heterocycles. The number of carbonyl (C=O) groups is 1. The fourth-order valence-corrected chi connectivity index (χ4v) is 2.38. The van der Waals surface area contributed by atoms with Crippen LogP contribution in [0.3, 0.4) is 0 Å². The summed E-state index contributed by atoms with van der Waals surface area (Å²) in [5, 5.41) is 0. The van der Waals surface area contributed by atoms with E-state index < -0.39 is 5.97 Å². The molecule has 0 fully saturated rings. The molecule has 0 aromatic heterocycles. The molecule has 1 heterocycles. The Hall–Kier alpha value is -3.08. The summed E-state index contributed by atoms with van der Waals surface area (Å²) in [4.78, 5) is 16.4. The summed E-state index contributed by atoms with van der Waals surface area (Å²) in [6.45, 7) is 1.97. The summed E-state index contributed by atoms with van der Waals surface area (Å²) in [6.07, 6.45) is 1.65. The molecule has 0 spiro atoms. The predicted octanol–water partition coefficient (Wildman–Crippen LogP) is 3.36. The van der Waals surface area contributed by atoms with E-state index in [2.05, 4.69) is 4.99 Å². The fraction of sp³-hybridized carbons (Fsp3) is 0.158. The maximum atomic E-state index is 12.1. The van der Waals surface area contributed by atoms with Crippen LogP contribution in [0.15, 0.2) is 53.2 Å². The molecule has 0 aliphatic carbocycles. The molecule has 24 heavy (non-hydrogen) atoms. The van der Waals surface area contributed by atoms with Gasteiger partial charge in [-0.1, -0.05) is 17.7 Å². The molecule has 122 valence electrons. The van der Waals surface area contributed by atoms with Gasteiger partial charge in [0.15, 0.2) is 5.70 Å². The molecule has 0 radical (unpaired) electrons. The van der Waals surface area contributed by atoms with Crippen LogP contribution in [0.5, 0.6) is 11.5 Å². The van der Waals surface area contributed by atoms with Crippen molar-refractivity contribution in [1.29, 1.82) is 0 Å². The van der Waals surface area contributed by atoms with Crippen LogP contribution in [-0.2, 0) is 9.53 Å².